The average Bonchev–Trinajstić information content (AvgIpc) is 3.21. The van der Waals surface area contributed by atoms with Crippen molar-refractivity contribution in [3.63, 3.8) is 0 Å². The molecule has 34 heavy (non-hydrogen) atoms. The fraction of sp³-hybridized carbons (Fsp3) is 0.375. The van der Waals surface area contributed by atoms with Crippen LogP contribution in [0.15, 0.2) is 42.7 Å². The number of hydrogen-bond acceptors (Lipinski definition) is 5. The van der Waals surface area contributed by atoms with Crippen molar-refractivity contribution in [2.45, 2.75) is 56.5 Å². The standard InChI is InChI=1S/C24H21BrF2N6O/c1-15(32(25)22(34)23(2,26)27)21(33-19-6-4-16(11-28)10-18(19)13-31-33)17-5-7-20(30-12-17)24(14-29)8-3-9-24/h4-7,10,12-13,15,21H,3,8-9H2,1-2H3/t15-,21-/m0/s1. The first-order chi connectivity index (χ1) is 16.1. The molecule has 3 aromatic rings. The molecule has 1 aromatic carbocycles. The zero-order chi connectivity index (χ0) is 24.7. The lowest BCUT2D eigenvalue weighted by Crippen LogP contribution is -2.44. The highest BCUT2D eigenvalue weighted by atomic mass is 79.9. The third kappa shape index (κ3) is 4.03. The van der Waals surface area contributed by atoms with Crippen LogP contribution in [-0.4, -0.2) is 36.6 Å². The SMILES string of the molecule is C[C@@H]([C@@H](c1ccc(C2(C#N)CCC2)nc1)n1ncc2cc(C#N)ccc21)N(Br)C(=O)C(C)(F)F. The zero-order valence-electron chi connectivity index (χ0n) is 18.5. The lowest BCUT2D eigenvalue weighted by Gasteiger charge is -2.35. The summed E-state index contributed by atoms with van der Waals surface area (Å²) in [5, 5.41) is 24.0. The van der Waals surface area contributed by atoms with Crippen molar-refractivity contribution in [1.29, 1.82) is 10.5 Å². The molecule has 0 radical (unpaired) electrons. The smallest absolute Gasteiger partial charge is 0.268 e. The van der Waals surface area contributed by atoms with Gasteiger partial charge in [0.05, 0.1) is 62.7 Å². The fourth-order valence-corrected chi connectivity index (χ4v) is 4.82. The lowest BCUT2D eigenvalue weighted by atomic mass is 9.67. The second kappa shape index (κ2) is 8.77. The number of nitrogens with zero attached hydrogens (tertiary/aromatic N) is 6. The fourth-order valence-electron chi connectivity index (χ4n) is 4.28. The summed E-state index contributed by atoms with van der Waals surface area (Å²) in [6.45, 7) is 2.19. The minimum Gasteiger partial charge on any atom is -0.268 e. The van der Waals surface area contributed by atoms with E-state index in [1.807, 2.05) is 0 Å². The van der Waals surface area contributed by atoms with E-state index in [1.165, 1.54) is 0 Å². The summed E-state index contributed by atoms with van der Waals surface area (Å²) in [6, 6.07) is 11.6. The van der Waals surface area contributed by atoms with Gasteiger partial charge in [0.1, 0.15) is 6.04 Å². The van der Waals surface area contributed by atoms with E-state index in [0.717, 1.165) is 23.2 Å². The first-order valence-electron chi connectivity index (χ1n) is 10.7. The Bertz CT molecular complexity index is 1310. The van der Waals surface area contributed by atoms with Crippen molar-refractivity contribution in [2.24, 2.45) is 0 Å². The average molecular weight is 527 g/mol. The number of carbonyl (C=O) groups is 1. The highest BCUT2D eigenvalue weighted by molar-refractivity contribution is 9.07. The first-order valence-corrected chi connectivity index (χ1v) is 11.4. The minimum atomic E-state index is -3.57. The molecular formula is C24H21BrF2N6O. The molecule has 0 aliphatic heterocycles. The number of rotatable bonds is 6. The van der Waals surface area contributed by atoms with E-state index in [-0.39, 0.29) is 0 Å². The van der Waals surface area contributed by atoms with Crippen molar-refractivity contribution < 1.29 is 13.6 Å². The number of benzene rings is 1. The van der Waals surface area contributed by atoms with Crippen LogP contribution in [0.5, 0.6) is 0 Å². The van der Waals surface area contributed by atoms with Crippen molar-refractivity contribution in [3.8, 4) is 12.1 Å². The Morgan fingerprint density at radius 1 is 1.26 bits per heavy atom. The van der Waals surface area contributed by atoms with E-state index in [2.05, 4.69) is 38.4 Å². The van der Waals surface area contributed by atoms with Gasteiger partial charge in [0.2, 0.25) is 0 Å². The van der Waals surface area contributed by atoms with Crippen molar-refractivity contribution in [2.75, 3.05) is 0 Å². The molecule has 2 aromatic heterocycles. The van der Waals surface area contributed by atoms with Crippen LogP contribution in [0, 0.1) is 22.7 Å². The summed E-state index contributed by atoms with van der Waals surface area (Å²) in [6.07, 6.45) is 5.66. The van der Waals surface area contributed by atoms with E-state index in [0.29, 0.717) is 34.6 Å². The molecule has 1 aliphatic carbocycles. The molecule has 0 unspecified atom stereocenters. The number of carbonyl (C=O) groups excluding carboxylic acids is 1. The predicted molar refractivity (Wildman–Crippen MR) is 124 cm³/mol. The molecule has 4 rings (SSSR count). The molecule has 10 heteroatoms. The van der Waals surface area contributed by atoms with Crippen LogP contribution < -0.4 is 0 Å². The van der Waals surface area contributed by atoms with Gasteiger partial charge in [0, 0.05) is 18.5 Å². The van der Waals surface area contributed by atoms with Crippen molar-refractivity contribution in [3.05, 3.63) is 59.5 Å². The second-order valence-corrected chi connectivity index (χ2v) is 9.45. The van der Waals surface area contributed by atoms with Crippen LogP contribution in [0.1, 0.15) is 56.0 Å². The topological polar surface area (TPSA) is 98.6 Å². The molecule has 2 heterocycles. The van der Waals surface area contributed by atoms with Gasteiger partial charge < -0.3 is 0 Å². The van der Waals surface area contributed by atoms with Crippen molar-refractivity contribution >= 4 is 33.0 Å². The summed E-state index contributed by atoms with van der Waals surface area (Å²) in [7, 11) is 0. The molecule has 7 nitrogen and oxygen atoms in total. The third-order valence-corrected chi connectivity index (χ3v) is 7.38. The number of alkyl halides is 2. The second-order valence-electron chi connectivity index (χ2n) is 8.69. The molecule has 1 aliphatic rings. The maximum Gasteiger partial charge on any atom is 0.322 e. The molecule has 0 bridgehead atoms. The van der Waals surface area contributed by atoms with Crippen LogP contribution in [0.4, 0.5) is 8.78 Å². The summed E-state index contributed by atoms with van der Waals surface area (Å²) in [5.74, 6) is -4.95. The van der Waals surface area contributed by atoms with E-state index in [1.54, 1.807) is 54.3 Å². The highest BCUT2D eigenvalue weighted by Crippen LogP contribution is 2.42. The maximum absolute atomic E-state index is 13.8. The number of halogens is 3. The Kier molecular flexibility index (Phi) is 6.13. The van der Waals surface area contributed by atoms with Gasteiger partial charge in [-0.05, 0) is 56.0 Å². The normalized spacial score (nSPS) is 16.7. The van der Waals surface area contributed by atoms with Gasteiger partial charge in [-0.25, -0.2) is 0 Å². The number of fused-ring (bicyclic) bond motifs is 1. The molecule has 0 N–H and O–H groups in total. The number of amides is 1. The predicted octanol–water partition coefficient (Wildman–Crippen LogP) is 5.02. The molecule has 0 saturated heterocycles. The summed E-state index contributed by atoms with van der Waals surface area (Å²) in [4.78, 5) is 16.9. The first kappa shape index (κ1) is 23.8. The van der Waals surface area contributed by atoms with Crippen LogP contribution in [0.3, 0.4) is 0 Å². The quantitative estimate of drug-likeness (QED) is 0.420. The van der Waals surface area contributed by atoms with Gasteiger partial charge >= 0.3 is 11.8 Å². The summed E-state index contributed by atoms with van der Waals surface area (Å²) in [5.41, 5.74) is 1.85. The van der Waals surface area contributed by atoms with E-state index in [9.17, 15) is 24.1 Å². The van der Waals surface area contributed by atoms with Crippen LogP contribution in [-0.2, 0) is 10.2 Å². The van der Waals surface area contributed by atoms with Gasteiger partial charge in [0.25, 0.3) is 0 Å². The molecule has 1 saturated carbocycles. The zero-order valence-corrected chi connectivity index (χ0v) is 20.1. The number of hydrogen-bond donors (Lipinski definition) is 0. The third-order valence-electron chi connectivity index (χ3n) is 6.41. The largest absolute Gasteiger partial charge is 0.322 e. The van der Waals surface area contributed by atoms with Gasteiger partial charge in [-0.3, -0.25) is 18.4 Å². The highest BCUT2D eigenvalue weighted by Gasteiger charge is 2.42. The summed E-state index contributed by atoms with van der Waals surface area (Å²) >= 11 is 3.05. The number of pyridine rings is 1. The Balaban J connectivity index is 1.80. The molecular weight excluding hydrogens is 506 g/mol. The van der Waals surface area contributed by atoms with E-state index >= 15 is 0 Å². The van der Waals surface area contributed by atoms with Gasteiger partial charge in [-0.2, -0.15) is 24.4 Å². The number of nitriles is 2. The molecule has 2 atom stereocenters. The summed E-state index contributed by atoms with van der Waals surface area (Å²) < 4.78 is 30.1. The van der Waals surface area contributed by atoms with E-state index in [4.69, 9.17) is 0 Å². The Labute approximate surface area is 203 Å². The monoisotopic (exact) mass is 526 g/mol. The van der Waals surface area contributed by atoms with Gasteiger partial charge in [0.15, 0.2) is 0 Å². The molecule has 174 valence electrons. The van der Waals surface area contributed by atoms with Crippen LogP contribution in [0.2, 0.25) is 0 Å². The maximum atomic E-state index is 13.8. The Morgan fingerprint density at radius 2 is 2.00 bits per heavy atom. The van der Waals surface area contributed by atoms with Crippen LogP contribution in [0.25, 0.3) is 10.9 Å². The minimum absolute atomic E-state index is 0.466. The molecule has 1 amide bonds. The van der Waals surface area contributed by atoms with Gasteiger partial charge in [-0.1, -0.05) is 6.07 Å². The van der Waals surface area contributed by atoms with Crippen LogP contribution >= 0.6 is 16.1 Å². The Morgan fingerprint density at radius 3 is 2.53 bits per heavy atom. The van der Waals surface area contributed by atoms with Crippen molar-refractivity contribution in [1.82, 2.24) is 18.7 Å². The molecule has 0 spiro atoms. The van der Waals surface area contributed by atoms with Gasteiger partial charge in [-0.15, -0.1) is 0 Å². The Hall–Kier alpha value is -3.37. The molecule has 1 fully saturated rings. The van der Waals surface area contributed by atoms with E-state index < -0.39 is 29.3 Å². The number of aromatic nitrogens is 3. The lowest BCUT2D eigenvalue weighted by molar-refractivity contribution is -0.150.